The number of carbonyl (C=O) groups is 1. The molecule has 2 aromatic carbocycles. The number of primary amides is 1. The fourth-order valence-corrected chi connectivity index (χ4v) is 2.55. The maximum Gasteiger partial charge on any atom is 0.321 e. The average Bonchev–Trinajstić information content (AvgIpc) is 2.74. The Kier molecular flexibility index (Phi) is 6.01. The van der Waals surface area contributed by atoms with Gasteiger partial charge in [0, 0.05) is 17.7 Å². The third kappa shape index (κ3) is 4.73. The molecule has 144 valence electrons. The Hall–Kier alpha value is -3.68. The molecule has 0 unspecified atom stereocenters. The molecule has 3 N–H and O–H groups in total. The number of ether oxygens (including phenoxy) is 2. The van der Waals surface area contributed by atoms with Crippen molar-refractivity contribution in [1.82, 2.24) is 15.0 Å². The molecule has 8 nitrogen and oxygen atoms in total. The number of benzene rings is 2. The highest BCUT2D eigenvalue weighted by molar-refractivity contribution is 5.93. The number of rotatable bonds is 8. The van der Waals surface area contributed by atoms with Crippen LogP contribution in [0.25, 0.3) is 11.4 Å². The summed E-state index contributed by atoms with van der Waals surface area (Å²) in [6.07, 6.45) is 0.792. The van der Waals surface area contributed by atoms with Gasteiger partial charge in [0.05, 0.1) is 14.2 Å². The lowest BCUT2D eigenvalue weighted by molar-refractivity contribution is 0.100. The highest BCUT2D eigenvalue weighted by Gasteiger charge is 2.10. The summed E-state index contributed by atoms with van der Waals surface area (Å²) in [5.41, 5.74) is 7.58. The summed E-state index contributed by atoms with van der Waals surface area (Å²) in [5.74, 6) is 1.19. The van der Waals surface area contributed by atoms with Gasteiger partial charge in [-0.2, -0.15) is 15.0 Å². The van der Waals surface area contributed by atoms with Gasteiger partial charge in [-0.25, -0.2) is 0 Å². The molecule has 0 saturated heterocycles. The van der Waals surface area contributed by atoms with Gasteiger partial charge in [-0.3, -0.25) is 4.79 Å². The first-order chi connectivity index (χ1) is 13.6. The van der Waals surface area contributed by atoms with Crippen LogP contribution < -0.4 is 20.5 Å². The van der Waals surface area contributed by atoms with Crippen LogP contribution in [0.3, 0.4) is 0 Å². The van der Waals surface area contributed by atoms with Gasteiger partial charge in [0.2, 0.25) is 11.9 Å². The van der Waals surface area contributed by atoms with Crippen LogP contribution in [0, 0.1) is 0 Å². The standard InChI is InChI=1S/C20H21N5O3/c1-27-16-9-3-13(4-10-16)11-12-22-19-23-18(24-20(25-19)28-2)15-7-5-14(6-8-15)17(21)26/h3-10H,11-12H2,1-2H3,(H2,21,26)(H,22,23,24,25). The molecule has 28 heavy (non-hydrogen) atoms. The number of nitrogens with one attached hydrogen (secondary N) is 1. The van der Waals surface area contributed by atoms with E-state index in [1.54, 1.807) is 31.4 Å². The van der Waals surface area contributed by atoms with Gasteiger partial charge >= 0.3 is 6.01 Å². The maximum absolute atomic E-state index is 11.2. The summed E-state index contributed by atoms with van der Waals surface area (Å²) in [4.78, 5) is 24.2. The Morgan fingerprint density at radius 3 is 2.29 bits per heavy atom. The Bertz CT molecular complexity index is 943. The fraction of sp³-hybridized carbons (Fsp3) is 0.200. The van der Waals surface area contributed by atoms with Gasteiger partial charge < -0.3 is 20.5 Å². The lowest BCUT2D eigenvalue weighted by Gasteiger charge is -2.09. The highest BCUT2D eigenvalue weighted by Crippen LogP contribution is 2.19. The van der Waals surface area contributed by atoms with Gasteiger partial charge in [0.25, 0.3) is 0 Å². The average molecular weight is 379 g/mol. The molecule has 0 radical (unpaired) electrons. The fourth-order valence-electron chi connectivity index (χ4n) is 2.55. The van der Waals surface area contributed by atoms with E-state index >= 15 is 0 Å². The highest BCUT2D eigenvalue weighted by atomic mass is 16.5. The molecule has 1 amide bonds. The largest absolute Gasteiger partial charge is 0.497 e. The zero-order valence-corrected chi connectivity index (χ0v) is 15.7. The van der Waals surface area contributed by atoms with Crippen molar-refractivity contribution >= 4 is 11.9 Å². The van der Waals surface area contributed by atoms with E-state index in [1.807, 2.05) is 24.3 Å². The maximum atomic E-state index is 11.2. The first-order valence-electron chi connectivity index (χ1n) is 8.66. The quantitative estimate of drug-likeness (QED) is 0.617. The number of hydrogen-bond donors (Lipinski definition) is 2. The van der Waals surface area contributed by atoms with Crippen LogP contribution in [0.2, 0.25) is 0 Å². The molecular formula is C20H21N5O3. The van der Waals surface area contributed by atoms with Gasteiger partial charge in [-0.1, -0.05) is 24.3 Å². The van der Waals surface area contributed by atoms with E-state index in [0.717, 1.165) is 23.3 Å². The predicted octanol–water partition coefficient (Wildman–Crippen LogP) is 2.31. The van der Waals surface area contributed by atoms with Crippen molar-refractivity contribution in [1.29, 1.82) is 0 Å². The Labute approximate surface area is 162 Å². The van der Waals surface area contributed by atoms with Crippen molar-refractivity contribution in [3.05, 3.63) is 59.7 Å². The van der Waals surface area contributed by atoms with Crippen LogP contribution in [0.5, 0.6) is 11.8 Å². The van der Waals surface area contributed by atoms with Crippen molar-refractivity contribution in [2.45, 2.75) is 6.42 Å². The van der Waals surface area contributed by atoms with Crippen LogP contribution >= 0.6 is 0 Å². The first kappa shape index (κ1) is 19.1. The Morgan fingerprint density at radius 2 is 1.68 bits per heavy atom. The molecule has 0 aliphatic rings. The number of nitrogens with two attached hydrogens (primary N) is 1. The molecule has 0 spiro atoms. The van der Waals surface area contributed by atoms with Crippen LogP contribution in [0.1, 0.15) is 15.9 Å². The molecule has 0 atom stereocenters. The zero-order chi connectivity index (χ0) is 19.9. The number of nitrogens with zero attached hydrogens (tertiary/aromatic N) is 3. The molecule has 0 aliphatic heterocycles. The van der Waals surface area contributed by atoms with Crippen LogP contribution in [0.4, 0.5) is 5.95 Å². The summed E-state index contributed by atoms with van der Waals surface area (Å²) < 4.78 is 10.3. The molecule has 8 heteroatoms. The van der Waals surface area contributed by atoms with Gasteiger partial charge in [-0.15, -0.1) is 0 Å². The van der Waals surface area contributed by atoms with Crippen LogP contribution in [0.15, 0.2) is 48.5 Å². The topological polar surface area (TPSA) is 112 Å². The molecule has 1 aromatic heterocycles. The lowest BCUT2D eigenvalue weighted by Crippen LogP contribution is -2.11. The molecule has 0 saturated carbocycles. The Morgan fingerprint density at radius 1 is 0.964 bits per heavy atom. The molecule has 1 heterocycles. The first-order valence-corrected chi connectivity index (χ1v) is 8.66. The molecular weight excluding hydrogens is 358 g/mol. The monoisotopic (exact) mass is 379 g/mol. The third-order valence-electron chi connectivity index (χ3n) is 4.08. The van der Waals surface area contributed by atoms with Gasteiger partial charge in [0.15, 0.2) is 5.82 Å². The van der Waals surface area contributed by atoms with E-state index in [-0.39, 0.29) is 6.01 Å². The van der Waals surface area contributed by atoms with Gasteiger partial charge in [0.1, 0.15) is 5.75 Å². The van der Waals surface area contributed by atoms with E-state index in [4.69, 9.17) is 15.2 Å². The predicted molar refractivity (Wildman–Crippen MR) is 106 cm³/mol. The summed E-state index contributed by atoms with van der Waals surface area (Å²) in [6, 6.07) is 14.8. The second kappa shape index (κ2) is 8.81. The van der Waals surface area contributed by atoms with E-state index in [9.17, 15) is 4.79 Å². The summed E-state index contributed by atoms with van der Waals surface area (Å²) >= 11 is 0. The summed E-state index contributed by atoms with van der Waals surface area (Å²) in [6.45, 7) is 0.638. The normalized spacial score (nSPS) is 10.4. The van der Waals surface area contributed by atoms with E-state index in [1.165, 1.54) is 7.11 Å². The Balaban J connectivity index is 1.72. The lowest BCUT2D eigenvalue weighted by atomic mass is 10.1. The summed E-state index contributed by atoms with van der Waals surface area (Å²) in [7, 11) is 3.14. The second-order valence-electron chi connectivity index (χ2n) is 5.94. The van der Waals surface area contributed by atoms with Crippen molar-refractivity contribution in [3.8, 4) is 23.1 Å². The molecule has 3 aromatic rings. The number of anilines is 1. The number of hydrogen-bond acceptors (Lipinski definition) is 7. The zero-order valence-electron chi connectivity index (χ0n) is 15.7. The molecule has 0 bridgehead atoms. The minimum atomic E-state index is -0.485. The van der Waals surface area contributed by atoms with Crippen molar-refractivity contribution in [2.75, 3.05) is 26.1 Å². The van der Waals surface area contributed by atoms with Crippen LogP contribution in [-0.4, -0.2) is 41.6 Å². The van der Waals surface area contributed by atoms with Crippen LogP contribution in [-0.2, 0) is 6.42 Å². The number of amides is 1. The molecule has 0 fully saturated rings. The van der Waals surface area contributed by atoms with E-state index in [2.05, 4.69) is 20.3 Å². The SMILES string of the molecule is COc1ccc(CCNc2nc(OC)nc(-c3ccc(C(N)=O)cc3)n2)cc1. The van der Waals surface area contributed by atoms with Gasteiger partial charge in [-0.05, 0) is 36.2 Å². The van der Waals surface area contributed by atoms with Crippen molar-refractivity contribution in [3.63, 3.8) is 0 Å². The van der Waals surface area contributed by atoms with Crippen molar-refractivity contribution < 1.29 is 14.3 Å². The smallest absolute Gasteiger partial charge is 0.321 e. The summed E-state index contributed by atoms with van der Waals surface area (Å²) in [5, 5.41) is 3.19. The minimum absolute atomic E-state index is 0.205. The molecule has 3 rings (SSSR count). The second-order valence-corrected chi connectivity index (χ2v) is 5.94. The number of methoxy groups -OCH3 is 2. The van der Waals surface area contributed by atoms with E-state index in [0.29, 0.717) is 23.9 Å². The molecule has 0 aliphatic carbocycles. The number of aromatic nitrogens is 3. The minimum Gasteiger partial charge on any atom is -0.497 e. The third-order valence-corrected chi connectivity index (χ3v) is 4.08. The van der Waals surface area contributed by atoms with E-state index < -0.39 is 5.91 Å². The number of carbonyl (C=O) groups excluding carboxylic acids is 1. The van der Waals surface area contributed by atoms with Crippen molar-refractivity contribution in [2.24, 2.45) is 5.73 Å².